The second-order valence-corrected chi connectivity index (χ2v) is 24.7. The summed E-state index contributed by atoms with van der Waals surface area (Å²) in [7, 11) is 0. The molecular weight excluding hydrogens is 973 g/mol. The summed E-state index contributed by atoms with van der Waals surface area (Å²) in [4.78, 5) is 15.2. The van der Waals surface area contributed by atoms with E-state index in [0.29, 0.717) is 0 Å². The van der Waals surface area contributed by atoms with E-state index in [1.54, 1.807) is 22.7 Å². The molecule has 3 aliphatic rings. The van der Waals surface area contributed by atoms with E-state index in [0.717, 1.165) is 66.3 Å². The van der Waals surface area contributed by atoms with Crippen LogP contribution < -0.4 is 9.80 Å². The Balaban J connectivity index is 0.861. The van der Waals surface area contributed by atoms with Gasteiger partial charge in [-0.15, -0.1) is 22.7 Å². The third-order valence-electron chi connectivity index (χ3n) is 17.1. The van der Waals surface area contributed by atoms with Crippen LogP contribution in [0.4, 0.5) is 34.1 Å². The topological polar surface area (TPSA) is 32.3 Å². The third kappa shape index (κ3) is 7.01. The maximum Gasteiger partial charge on any atom is 0.124 e. The van der Waals surface area contributed by atoms with E-state index in [2.05, 4.69) is 270 Å². The van der Waals surface area contributed by atoms with Crippen LogP contribution in [0.2, 0.25) is 0 Å². The molecule has 0 radical (unpaired) electrons. The third-order valence-corrected chi connectivity index (χ3v) is 19.3. The van der Waals surface area contributed by atoms with Crippen LogP contribution >= 0.6 is 22.7 Å². The number of hydrogen-bond acceptors (Lipinski definition) is 6. The van der Waals surface area contributed by atoms with E-state index in [1.165, 1.54) is 76.2 Å². The van der Waals surface area contributed by atoms with Crippen LogP contribution in [0.1, 0.15) is 74.9 Å². The lowest BCUT2D eigenvalue weighted by atomic mass is 9.81. The highest BCUT2D eigenvalue weighted by molar-refractivity contribution is 7.22. The highest BCUT2D eigenvalue weighted by Crippen LogP contribution is 2.56. The molecule has 0 spiro atoms. The lowest BCUT2D eigenvalue weighted by Gasteiger charge is -2.30. The zero-order chi connectivity index (χ0) is 52.0. The molecule has 0 amide bonds. The van der Waals surface area contributed by atoms with Gasteiger partial charge in [-0.2, -0.15) is 0 Å². The number of fused-ring (bicyclic) bond motifs is 11. The summed E-state index contributed by atoms with van der Waals surface area (Å²) in [6.45, 7) is 14.3. The van der Waals surface area contributed by atoms with Gasteiger partial charge in [-0.3, -0.25) is 0 Å². The van der Waals surface area contributed by atoms with E-state index in [4.69, 9.17) is 9.97 Å². The van der Waals surface area contributed by atoms with Gasteiger partial charge in [0.1, 0.15) is 10.0 Å². The van der Waals surface area contributed by atoms with Crippen molar-refractivity contribution in [3.8, 4) is 54.5 Å². The molecule has 0 fully saturated rings. The van der Waals surface area contributed by atoms with Crippen LogP contribution in [0.5, 0.6) is 0 Å². The van der Waals surface area contributed by atoms with E-state index >= 15 is 0 Å². The van der Waals surface area contributed by atoms with Gasteiger partial charge in [0.05, 0.1) is 20.4 Å². The molecule has 10 aromatic carbocycles. The SMILES string of the molecule is CC1(C)c2ccccc2-c2ccc(N(c3cccc(-c4nc5ccccc5s4)c3)c3ccc4c(c3)C(C)(C)c3cc(N(c5cccc(-c6nc7ccccc7s6)c5)c5ccc6c(c5)C(C)(C)c5ccccc5-6)ccc3-4)cc21. The van der Waals surface area contributed by atoms with Crippen molar-refractivity contribution in [2.45, 2.75) is 57.8 Å². The molecule has 370 valence electrons. The average Bonchev–Trinajstić information content (AvgIpc) is 4.34. The van der Waals surface area contributed by atoms with Crippen molar-refractivity contribution in [1.29, 1.82) is 0 Å². The fourth-order valence-corrected chi connectivity index (χ4v) is 15.0. The van der Waals surface area contributed by atoms with Crippen molar-refractivity contribution >= 4 is 77.2 Å². The van der Waals surface area contributed by atoms with Gasteiger partial charge >= 0.3 is 0 Å². The highest BCUT2D eigenvalue weighted by atomic mass is 32.1. The number of aromatic nitrogens is 2. The van der Waals surface area contributed by atoms with Gasteiger partial charge in [0.2, 0.25) is 0 Å². The highest BCUT2D eigenvalue weighted by Gasteiger charge is 2.40. The summed E-state index contributed by atoms with van der Waals surface area (Å²) < 4.78 is 2.38. The van der Waals surface area contributed by atoms with Gasteiger partial charge in [0, 0.05) is 61.5 Å². The molecule has 0 saturated heterocycles. The van der Waals surface area contributed by atoms with Crippen molar-refractivity contribution in [1.82, 2.24) is 9.97 Å². The first-order valence-electron chi connectivity index (χ1n) is 26.7. The maximum atomic E-state index is 5.12. The number of benzene rings is 10. The fourth-order valence-electron chi connectivity index (χ4n) is 13.1. The lowest BCUT2D eigenvalue weighted by Crippen LogP contribution is -2.19. The second-order valence-electron chi connectivity index (χ2n) is 22.6. The first-order chi connectivity index (χ1) is 37.4. The minimum Gasteiger partial charge on any atom is -0.310 e. The van der Waals surface area contributed by atoms with Gasteiger partial charge in [-0.25, -0.2) is 9.97 Å². The molecule has 77 heavy (non-hydrogen) atoms. The van der Waals surface area contributed by atoms with Gasteiger partial charge in [-0.1, -0.05) is 163 Å². The number of nitrogens with zero attached hydrogens (tertiary/aromatic N) is 4. The fraction of sp³-hybridized carbons (Fsp3) is 0.127. The van der Waals surface area contributed by atoms with Crippen LogP contribution in [-0.2, 0) is 16.2 Å². The Labute approximate surface area is 458 Å². The van der Waals surface area contributed by atoms with Crippen LogP contribution in [0.15, 0.2) is 218 Å². The van der Waals surface area contributed by atoms with E-state index in [-0.39, 0.29) is 16.2 Å². The number of hydrogen-bond donors (Lipinski definition) is 0. The summed E-state index contributed by atoms with van der Waals surface area (Å²) >= 11 is 3.50. The number of anilines is 6. The Morgan fingerprint density at radius 3 is 0.974 bits per heavy atom. The van der Waals surface area contributed by atoms with Crippen molar-refractivity contribution in [3.05, 3.63) is 252 Å². The van der Waals surface area contributed by atoms with Crippen molar-refractivity contribution in [2.75, 3.05) is 9.80 Å². The zero-order valence-corrected chi connectivity index (χ0v) is 45.5. The van der Waals surface area contributed by atoms with Crippen LogP contribution in [0.25, 0.3) is 75.0 Å². The lowest BCUT2D eigenvalue weighted by molar-refractivity contribution is 0.660. The van der Waals surface area contributed by atoms with E-state index in [1.807, 2.05) is 0 Å². The zero-order valence-electron chi connectivity index (χ0n) is 43.9. The summed E-state index contributed by atoms with van der Waals surface area (Å²) in [5.41, 5.74) is 26.2. The van der Waals surface area contributed by atoms with Gasteiger partial charge in [-0.05, 0) is 164 Å². The Hall–Kier alpha value is -8.42. The second kappa shape index (κ2) is 16.8. The molecule has 0 unspecified atom stereocenters. The molecular formula is C71H54N4S2. The first kappa shape index (κ1) is 45.9. The molecule has 0 aliphatic heterocycles. The average molecular weight is 1030 g/mol. The molecule has 2 aromatic heterocycles. The quantitative estimate of drug-likeness (QED) is 0.152. The smallest absolute Gasteiger partial charge is 0.124 e. The predicted octanol–water partition coefficient (Wildman–Crippen LogP) is 20.1. The van der Waals surface area contributed by atoms with E-state index < -0.39 is 0 Å². The monoisotopic (exact) mass is 1030 g/mol. The van der Waals surface area contributed by atoms with Crippen molar-refractivity contribution in [2.24, 2.45) is 0 Å². The standard InChI is InChI=1S/C71H54N4S2/c1-69(2)57-23-9-7-21-51(57)53-33-29-47(39-59(53)69)74(45-19-15-17-43(37-45)67-72-63-25-11-13-27-65(63)76-67)49-31-35-55-56-36-32-50(42-62(56)71(5,6)61(55)41-49)75(46-20-16-18-44(38-46)68-73-64-26-12-14-28-66(64)77-68)48-30-34-54-52-22-8-10-24-58(52)70(3,4)60(54)40-48/h7-42H,1-6H3. The Morgan fingerprint density at radius 1 is 0.286 bits per heavy atom. The normalized spacial score (nSPS) is 14.7. The molecule has 12 aromatic rings. The number of para-hydroxylation sites is 2. The molecule has 15 rings (SSSR count). The van der Waals surface area contributed by atoms with Gasteiger partial charge < -0.3 is 9.80 Å². The van der Waals surface area contributed by atoms with Crippen LogP contribution in [0.3, 0.4) is 0 Å². The number of thiazole rings is 2. The van der Waals surface area contributed by atoms with Crippen molar-refractivity contribution in [3.63, 3.8) is 0 Å². The Kier molecular flexibility index (Phi) is 10.0. The molecule has 3 aliphatic carbocycles. The van der Waals surface area contributed by atoms with Gasteiger partial charge in [0.25, 0.3) is 0 Å². The minimum atomic E-state index is -0.331. The molecule has 0 atom stereocenters. The van der Waals surface area contributed by atoms with Gasteiger partial charge in [0.15, 0.2) is 0 Å². The Bertz CT molecular complexity index is 4070. The van der Waals surface area contributed by atoms with Crippen molar-refractivity contribution < 1.29 is 0 Å². The molecule has 0 saturated carbocycles. The molecule has 0 N–H and O–H groups in total. The van der Waals surface area contributed by atoms with E-state index in [9.17, 15) is 0 Å². The maximum absolute atomic E-state index is 5.12. The van der Waals surface area contributed by atoms with Crippen LogP contribution in [0, 0.1) is 0 Å². The first-order valence-corrected chi connectivity index (χ1v) is 28.3. The summed E-state index contributed by atoms with van der Waals surface area (Å²) in [6.07, 6.45) is 0. The molecule has 0 bridgehead atoms. The summed E-state index contributed by atoms with van der Waals surface area (Å²) in [6, 6.07) is 81.2. The predicted molar refractivity (Wildman–Crippen MR) is 326 cm³/mol. The largest absolute Gasteiger partial charge is 0.310 e. The minimum absolute atomic E-state index is 0.151. The summed E-state index contributed by atoms with van der Waals surface area (Å²) in [5.74, 6) is 0. The Morgan fingerprint density at radius 2 is 0.597 bits per heavy atom. The van der Waals surface area contributed by atoms with Crippen LogP contribution in [-0.4, -0.2) is 9.97 Å². The molecule has 6 heteroatoms. The summed E-state index contributed by atoms with van der Waals surface area (Å²) in [5, 5.41) is 2.04. The molecule has 2 heterocycles. The molecule has 4 nitrogen and oxygen atoms in total. The number of rotatable bonds is 8.